The van der Waals surface area contributed by atoms with Gasteiger partial charge in [-0.25, -0.2) is 53.1 Å². The summed E-state index contributed by atoms with van der Waals surface area (Å²) >= 11 is 0. The van der Waals surface area contributed by atoms with E-state index in [4.69, 9.17) is 27.7 Å². The number of alkyl halides is 4. The van der Waals surface area contributed by atoms with E-state index in [2.05, 4.69) is 19.9 Å². The predicted octanol–water partition coefficient (Wildman–Crippen LogP) is 12.5. The van der Waals surface area contributed by atoms with Crippen LogP contribution in [-0.4, -0.2) is 104 Å². The Hall–Kier alpha value is -7.86. The Morgan fingerprint density at radius 3 is 1.29 bits per heavy atom. The SMILES string of the molecule is [2H]C([2H])([2H])c1ncn(C)c1-c1cnc2c3c(OC)cc(S(C)(=O)=O)cc3n(C(c3ncccc3F)C3CCC(F)(F)CC3)c2c1.[2H]C([2H])([2H])c1ncn(C)c1-c1cnc2c3c(OC)cc(S(C)(=O)=O)cc3n(C(c3ncccc3F)C3CCC(F)(F)CC3)c2c1. The monoisotopic (exact) mass is 1200 g/mol. The first-order valence-electron chi connectivity index (χ1n) is 29.7. The molecule has 0 saturated heterocycles. The van der Waals surface area contributed by atoms with Gasteiger partial charge in [-0.05, 0) is 112 Å². The molecule has 0 spiro atoms. The van der Waals surface area contributed by atoms with Crippen LogP contribution in [0.5, 0.6) is 11.5 Å². The number of hydrogen-bond donors (Lipinski definition) is 0. The fourth-order valence-corrected chi connectivity index (χ4v) is 13.5. The molecule has 0 aliphatic heterocycles. The van der Waals surface area contributed by atoms with Gasteiger partial charge in [-0.15, -0.1) is 0 Å². The average Bonchev–Trinajstić information content (AvgIpc) is 1.57. The fourth-order valence-electron chi connectivity index (χ4n) is 12.2. The molecule has 12 rings (SSSR count). The van der Waals surface area contributed by atoms with E-state index < -0.39 is 106 Å². The van der Waals surface area contributed by atoms with Gasteiger partial charge < -0.3 is 27.7 Å². The van der Waals surface area contributed by atoms with Crippen molar-refractivity contribution in [1.29, 1.82) is 0 Å². The van der Waals surface area contributed by atoms with E-state index in [1.165, 1.54) is 100 Å². The van der Waals surface area contributed by atoms with Crippen molar-refractivity contribution < 1.29 is 60.9 Å². The summed E-state index contributed by atoms with van der Waals surface area (Å²) in [6, 6.07) is 12.4. The van der Waals surface area contributed by atoms with Crippen molar-refractivity contribution >= 4 is 63.5 Å². The van der Waals surface area contributed by atoms with Crippen LogP contribution in [0.25, 0.3) is 66.4 Å². The lowest BCUT2D eigenvalue weighted by molar-refractivity contribution is -0.0501. The summed E-state index contributed by atoms with van der Waals surface area (Å²) in [7, 11) is -1.47. The highest BCUT2D eigenvalue weighted by Gasteiger charge is 2.43. The summed E-state index contributed by atoms with van der Waals surface area (Å²) in [6.45, 7) is -5.09. The highest BCUT2D eigenvalue weighted by Crippen LogP contribution is 2.50. The van der Waals surface area contributed by atoms with Gasteiger partial charge >= 0.3 is 0 Å². The molecular formula is C60H60F6N10O6S2. The van der Waals surface area contributed by atoms with Crippen molar-refractivity contribution in [3.8, 4) is 34.0 Å². The van der Waals surface area contributed by atoms with Crippen LogP contribution in [0.1, 0.15) is 94.5 Å². The molecular weight excluding hydrogens is 1130 g/mol. The van der Waals surface area contributed by atoms with E-state index in [0.717, 1.165) is 12.5 Å². The molecule has 0 radical (unpaired) electrons. The van der Waals surface area contributed by atoms with Crippen LogP contribution >= 0.6 is 0 Å². The Bertz CT molecular complexity index is 4390. The molecule has 0 N–H and O–H groups in total. The summed E-state index contributed by atoms with van der Waals surface area (Å²) in [6.07, 6.45) is 9.26. The number of aryl methyl sites for hydroxylation is 4. The quantitative estimate of drug-likeness (QED) is 0.106. The molecule has 2 atom stereocenters. The number of hydrogen-bond acceptors (Lipinski definition) is 12. The second-order valence-electron chi connectivity index (χ2n) is 21.6. The molecule has 440 valence electrons. The molecule has 8 aromatic heterocycles. The first-order chi connectivity index (χ1) is 42.2. The van der Waals surface area contributed by atoms with E-state index in [1.54, 1.807) is 44.5 Å². The third-order valence-electron chi connectivity index (χ3n) is 16.2. The number of sulfone groups is 2. The van der Waals surface area contributed by atoms with Crippen LogP contribution in [0, 0.1) is 37.2 Å². The molecule has 2 aromatic carbocycles. The average molecular weight is 1200 g/mol. The smallest absolute Gasteiger partial charge is 0.248 e. The third kappa shape index (κ3) is 10.5. The summed E-state index contributed by atoms with van der Waals surface area (Å²) in [5.41, 5.74) is 3.20. The molecule has 2 aliphatic carbocycles. The highest BCUT2D eigenvalue weighted by molar-refractivity contribution is 7.91. The van der Waals surface area contributed by atoms with Crippen LogP contribution in [0.3, 0.4) is 0 Å². The second-order valence-corrected chi connectivity index (χ2v) is 25.7. The molecule has 10 aromatic rings. The number of halogens is 6. The van der Waals surface area contributed by atoms with Gasteiger partial charge in [0.2, 0.25) is 11.8 Å². The summed E-state index contributed by atoms with van der Waals surface area (Å²) < 4.78 is 206. The maximum absolute atomic E-state index is 15.7. The zero-order valence-electron chi connectivity index (χ0n) is 52.2. The van der Waals surface area contributed by atoms with Gasteiger partial charge in [-0.1, -0.05) is 0 Å². The Morgan fingerprint density at radius 1 is 0.571 bits per heavy atom. The number of benzene rings is 2. The van der Waals surface area contributed by atoms with Gasteiger partial charge in [0.25, 0.3) is 0 Å². The lowest BCUT2D eigenvalue weighted by Gasteiger charge is -2.35. The first kappa shape index (κ1) is 50.6. The van der Waals surface area contributed by atoms with Gasteiger partial charge in [0.1, 0.15) is 23.1 Å². The zero-order valence-corrected chi connectivity index (χ0v) is 47.8. The third-order valence-corrected chi connectivity index (χ3v) is 18.4. The number of rotatable bonds is 12. The fraction of sp³-hybridized carbons (Fsp3) is 0.367. The largest absolute Gasteiger partial charge is 0.496 e. The minimum Gasteiger partial charge on any atom is -0.496 e. The molecule has 2 unspecified atom stereocenters. The number of aromatic nitrogens is 10. The standard InChI is InChI=1S/2C30H30F3N5O3S/c2*1-17-28(37(2)16-36-17)19-12-23-27(35-15-19)25-22(13-20(42(4,39)40)14-24(25)41-3)38(23)29(26-21(31)6-5-11-34-26)18-7-9-30(32,33)10-8-18/h2*5-6,11-16,18,29H,7-10H2,1-4H3/i2*1D3. The lowest BCUT2D eigenvalue weighted by Crippen LogP contribution is -2.31. The van der Waals surface area contributed by atoms with Crippen molar-refractivity contribution in [3.63, 3.8) is 0 Å². The molecule has 24 heteroatoms. The number of fused-ring (bicyclic) bond motifs is 6. The predicted molar refractivity (Wildman–Crippen MR) is 306 cm³/mol. The number of pyridine rings is 4. The summed E-state index contributed by atoms with van der Waals surface area (Å²) in [5.74, 6) is -7.68. The normalized spacial score (nSPS) is 18.1. The van der Waals surface area contributed by atoms with Gasteiger partial charge in [-0.2, -0.15) is 0 Å². The number of methoxy groups -OCH3 is 2. The van der Waals surface area contributed by atoms with Gasteiger partial charge in [0.15, 0.2) is 19.7 Å². The summed E-state index contributed by atoms with van der Waals surface area (Å²) in [5, 5.41) is 0.852. The first-order valence-corrected chi connectivity index (χ1v) is 30.4. The van der Waals surface area contributed by atoms with Crippen molar-refractivity contribution in [2.45, 2.75) is 98.8 Å². The van der Waals surface area contributed by atoms with Gasteiger partial charge in [0.05, 0.1) is 127 Å². The number of ether oxygens (including phenoxy) is 2. The Labute approximate surface area is 488 Å². The summed E-state index contributed by atoms with van der Waals surface area (Å²) in [4.78, 5) is 26.2. The Balaban J connectivity index is 0.000000185. The number of imidazole rings is 2. The van der Waals surface area contributed by atoms with Crippen LogP contribution < -0.4 is 9.47 Å². The second kappa shape index (κ2) is 21.6. The lowest BCUT2D eigenvalue weighted by atomic mass is 9.80. The van der Waals surface area contributed by atoms with Gasteiger partial charge in [-0.3, -0.25) is 19.9 Å². The zero-order chi connectivity index (χ0) is 64.9. The minimum absolute atomic E-state index is 0.00404. The van der Waals surface area contributed by atoms with Crippen LogP contribution in [0.2, 0.25) is 0 Å². The van der Waals surface area contributed by atoms with Crippen LogP contribution in [-0.2, 0) is 33.8 Å². The highest BCUT2D eigenvalue weighted by atomic mass is 32.2. The minimum atomic E-state index is -3.77. The molecule has 0 bridgehead atoms. The van der Waals surface area contributed by atoms with E-state index in [1.807, 2.05) is 0 Å². The maximum Gasteiger partial charge on any atom is 0.248 e. The van der Waals surface area contributed by atoms with E-state index in [-0.39, 0.29) is 81.1 Å². The molecule has 16 nitrogen and oxygen atoms in total. The Morgan fingerprint density at radius 2 is 0.952 bits per heavy atom. The van der Waals surface area contributed by atoms with Crippen molar-refractivity contribution in [3.05, 3.63) is 133 Å². The van der Waals surface area contributed by atoms with Crippen LogP contribution in [0.15, 0.2) is 108 Å². The molecule has 0 amide bonds. The Kier molecular flexibility index (Phi) is 13.0. The molecule has 8 heterocycles. The molecule has 2 saturated carbocycles. The molecule has 2 fully saturated rings. The maximum atomic E-state index is 15.7. The van der Waals surface area contributed by atoms with E-state index in [9.17, 15) is 34.4 Å². The van der Waals surface area contributed by atoms with Gasteiger partial charge in [0, 0.05) is 96.4 Å². The van der Waals surface area contributed by atoms with Crippen molar-refractivity contribution in [2.24, 2.45) is 25.9 Å². The topological polar surface area (TPSA) is 184 Å². The van der Waals surface area contributed by atoms with E-state index >= 15 is 8.78 Å². The molecule has 84 heavy (non-hydrogen) atoms. The van der Waals surface area contributed by atoms with Crippen LogP contribution in [0.4, 0.5) is 26.3 Å². The number of nitrogens with zero attached hydrogens (tertiary/aromatic N) is 10. The van der Waals surface area contributed by atoms with E-state index in [0.29, 0.717) is 55.0 Å². The molecule has 2 aliphatic rings. The van der Waals surface area contributed by atoms with Crippen molar-refractivity contribution in [2.75, 3.05) is 26.7 Å². The van der Waals surface area contributed by atoms with Crippen molar-refractivity contribution in [1.82, 2.24) is 48.2 Å².